The first-order chi connectivity index (χ1) is 11.2. The Labute approximate surface area is 133 Å². The van der Waals surface area contributed by atoms with Crippen LogP contribution in [0.25, 0.3) is 22.2 Å². The molecule has 0 saturated heterocycles. The predicted molar refractivity (Wildman–Crippen MR) is 89.3 cm³/mol. The average molecular weight is 307 g/mol. The van der Waals surface area contributed by atoms with E-state index in [0.29, 0.717) is 5.95 Å². The quantitative estimate of drug-likeness (QED) is 0.576. The van der Waals surface area contributed by atoms with E-state index in [1.165, 1.54) is 0 Å². The molecule has 0 aliphatic carbocycles. The van der Waals surface area contributed by atoms with E-state index in [9.17, 15) is 0 Å². The second-order valence-corrected chi connectivity index (χ2v) is 5.58. The summed E-state index contributed by atoms with van der Waals surface area (Å²) < 4.78 is 4.06. The van der Waals surface area contributed by atoms with Crippen molar-refractivity contribution < 1.29 is 0 Å². The summed E-state index contributed by atoms with van der Waals surface area (Å²) in [5.41, 5.74) is 3.81. The molecule has 4 aromatic rings. The molecule has 0 saturated carbocycles. The third-order valence-electron chi connectivity index (χ3n) is 4.02. The molecular weight excluding hydrogens is 290 g/mol. The summed E-state index contributed by atoms with van der Waals surface area (Å²) in [4.78, 5) is 19.7. The molecule has 0 unspecified atom stereocenters. The minimum absolute atomic E-state index is 0.681. The highest BCUT2D eigenvalue weighted by Crippen LogP contribution is 2.14. The van der Waals surface area contributed by atoms with Crippen LogP contribution in [0.4, 0.5) is 5.95 Å². The molecule has 0 spiro atoms. The Morgan fingerprint density at radius 2 is 1.91 bits per heavy atom. The van der Waals surface area contributed by atoms with Crippen molar-refractivity contribution in [1.29, 1.82) is 0 Å². The van der Waals surface area contributed by atoms with Gasteiger partial charge in [0.05, 0.1) is 29.9 Å². The van der Waals surface area contributed by atoms with Gasteiger partial charge >= 0.3 is 0 Å². The summed E-state index contributed by atoms with van der Waals surface area (Å²) in [6, 6.07) is 8.14. The van der Waals surface area contributed by atoms with Gasteiger partial charge in [0.25, 0.3) is 0 Å². The lowest BCUT2D eigenvalue weighted by atomic mass is 10.3. The zero-order valence-corrected chi connectivity index (χ0v) is 13.1. The predicted octanol–water partition coefficient (Wildman–Crippen LogP) is 1.85. The molecule has 7 nitrogen and oxygen atoms in total. The van der Waals surface area contributed by atoms with Crippen LogP contribution in [0, 0.1) is 0 Å². The molecule has 0 bridgehead atoms. The second-order valence-electron chi connectivity index (χ2n) is 5.58. The highest BCUT2D eigenvalue weighted by molar-refractivity contribution is 5.75. The molecule has 116 valence electrons. The van der Waals surface area contributed by atoms with E-state index in [-0.39, 0.29) is 0 Å². The number of anilines is 1. The fourth-order valence-electron chi connectivity index (χ4n) is 2.63. The highest BCUT2D eigenvalue weighted by Gasteiger charge is 2.09. The Morgan fingerprint density at radius 3 is 2.83 bits per heavy atom. The number of fused-ring (bicyclic) bond motifs is 2. The van der Waals surface area contributed by atoms with Crippen molar-refractivity contribution in [2.45, 2.75) is 6.54 Å². The summed E-state index contributed by atoms with van der Waals surface area (Å²) >= 11 is 0. The zero-order chi connectivity index (χ0) is 15.8. The lowest BCUT2D eigenvalue weighted by Gasteiger charge is -2.17. The summed E-state index contributed by atoms with van der Waals surface area (Å²) in [7, 11) is 3.93. The van der Waals surface area contributed by atoms with Crippen molar-refractivity contribution in [3.8, 4) is 0 Å². The molecule has 0 N–H and O–H groups in total. The summed E-state index contributed by atoms with van der Waals surface area (Å²) in [6.07, 6.45) is 5.44. The van der Waals surface area contributed by atoms with Gasteiger partial charge in [-0.2, -0.15) is 4.98 Å². The smallest absolute Gasteiger partial charge is 0.227 e. The Morgan fingerprint density at radius 1 is 1.04 bits per heavy atom. The van der Waals surface area contributed by atoms with E-state index in [1.54, 1.807) is 6.33 Å². The topological polar surface area (TPSA) is 64.7 Å². The van der Waals surface area contributed by atoms with Gasteiger partial charge in [-0.3, -0.25) is 0 Å². The number of nitrogens with zero attached hydrogens (tertiary/aromatic N) is 7. The van der Waals surface area contributed by atoms with Gasteiger partial charge in [-0.05, 0) is 12.1 Å². The summed E-state index contributed by atoms with van der Waals surface area (Å²) in [5.74, 6) is 0.681. The van der Waals surface area contributed by atoms with Crippen molar-refractivity contribution in [3.05, 3.63) is 43.1 Å². The zero-order valence-electron chi connectivity index (χ0n) is 13.1. The molecule has 0 fully saturated rings. The van der Waals surface area contributed by atoms with Gasteiger partial charge in [0.2, 0.25) is 5.95 Å². The van der Waals surface area contributed by atoms with E-state index in [0.717, 1.165) is 35.3 Å². The molecule has 0 amide bonds. The van der Waals surface area contributed by atoms with Crippen molar-refractivity contribution in [2.75, 3.05) is 18.5 Å². The first-order valence-electron chi connectivity index (χ1n) is 7.47. The third-order valence-corrected chi connectivity index (χ3v) is 4.02. The molecule has 0 aliphatic heterocycles. The minimum atomic E-state index is 0.681. The maximum atomic E-state index is 4.52. The van der Waals surface area contributed by atoms with Crippen molar-refractivity contribution in [1.82, 2.24) is 29.1 Å². The normalized spacial score (nSPS) is 11.4. The first-order valence-corrected chi connectivity index (χ1v) is 7.47. The van der Waals surface area contributed by atoms with E-state index in [2.05, 4.69) is 30.6 Å². The first kappa shape index (κ1) is 13.7. The number of likely N-dealkylation sites (N-methyl/N-ethyl adjacent to an activating group) is 1. The SMILES string of the molecule is CN(CCn1cnc2ccccc21)c1ncc2c(ncn2C)n1. The Hall–Kier alpha value is -2.96. The van der Waals surface area contributed by atoms with Gasteiger partial charge in [0.1, 0.15) is 5.52 Å². The second kappa shape index (κ2) is 5.35. The van der Waals surface area contributed by atoms with Gasteiger partial charge < -0.3 is 14.0 Å². The molecule has 3 aromatic heterocycles. The maximum Gasteiger partial charge on any atom is 0.227 e. The van der Waals surface area contributed by atoms with Gasteiger partial charge in [-0.15, -0.1) is 0 Å². The lowest BCUT2D eigenvalue weighted by Crippen LogP contribution is -2.24. The van der Waals surface area contributed by atoms with Crippen LogP contribution in [0.15, 0.2) is 43.1 Å². The third kappa shape index (κ3) is 2.40. The fourth-order valence-corrected chi connectivity index (χ4v) is 2.63. The number of aromatic nitrogens is 6. The standard InChI is InChI=1S/C16H17N7/c1-21(16-17-9-14-15(20-16)19-10-22(14)2)7-8-23-11-18-12-5-3-4-6-13(12)23/h3-6,9-11H,7-8H2,1-2H3. The number of hydrogen-bond acceptors (Lipinski definition) is 5. The number of imidazole rings is 2. The van der Waals surface area contributed by atoms with E-state index in [4.69, 9.17) is 0 Å². The molecule has 23 heavy (non-hydrogen) atoms. The fraction of sp³-hybridized carbons (Fsp3) is 0.250. The van der Waals surface area contributed by atoms with Crippen molar-refractivity contribution >= 4 is 28.1 Å². The molecule has 1 aromatic carbocycles. The number of aryl methyl sites for hydroxylation is 1. The molecule has 0 atom stereocenters. The van der Waals surface area contributed by atoms with Crippen LogP contribution < -0.4 is 4.90 Å². The molecular formula is C16H17N7. The molecule has 3 heterocycles. The Bertz CT molecular complexity index is 969. The number of benzene rings is 1. The largest absolute Gasteiger partial charge is 0.342 e. The van der Waals surface area contributed by atoms with Crippen molar-refractivity contribution in [2.24, 2.45) is 7.05 Å². The monoisotopic (exact) mass is 307 g/mol. The molecule has 4 rings (SSSR count). The van der Waals surface area contributed by atoms with Crippen LogP contribution in [-0.4, -0.2) is 42.7 Å². The van der Waals surface area contributed by atoms with Crippen molar-refractivity contribution in [3.63, 3.8) is 0 Å². The molecule has 7 heteroatoms. The highest BCUT2D eigenvalue weighted by atomic mass is 15.3. The maximum absolute atomic E-state index is 4.52. The molecule has 0 aliphatic rings. The average Bonchev–Trinajstić information content (AvgIpc) is 3.16. The van der Waals surface area contributed by atoms with Crippen LogP contribution in [-0.2, 0) is 13.6 Å². The van der Waals surface area contributed by atoms with E-state index >= 15 is 0 Å². The van der Waals surface area contributed by atoms with E-state index < -0.39 is 0 Å². The van der Waals surface area contributed by atoms with Crippen LogP contribution in [0.2, 0.25) is 0 Å². The van der Waals surface area contributed by atoms with E-state index in [1.807, 2.05) is 54.3 Å². The Kier molecular flexibility index (Phi) is 3.18. The van der Waals surface area contributed by atoms with Crippen LogP contribution in [0.3, 0.4) is 0 Å². The van der Waals surface area contributed by atoms with Gasteiger partial charge in [-0.25, -0.2) is 15.0 Å². The lowest BCUT2D eigenvalue weighted by molar-refractivity contribution is 0.692. The van der Waals surface area contributed by atoms with Gasteiger partial charge in [0, 0.05) is 27.2 Å². The number of hydrogen-bond donors (Lipinski definition) is 0. The van der Waals surface area contributed by atoms with Crippen LogP contribution in [0.5, 0.6) is 0 Å². The summed E-state index contributed by atoms with van der Waals surface area (Å²) in [5, 5.41) is 0. The molecule has 0 radical (unpaired) electrons. The van der Waals surface area contributed by atoms with Crippen LogP contribution in [0.1, 0.15) is 0 Å². The minimum Gasteiger partial charge on any atom is -0.342 e. The summed E-state index contributed by atoms with van der Waals surface area (Å²) in [6.45, 7) is 1.61. The van der Waals surface area contributed by atoms with Gasteiger partial charge in [-0.1, -0.05) is 12.1 Å². The van der Waals surface area contributed by atoms with Gasteiger partial charge in [0.15, 0.2) is 5.65 Å². The van der Waals surface area contributed by atoms with Crippen LogP contribution >= 0.6 is 0 Å². The Balaban J connectivity index is 1.53. The number of para-hydroxylation sites is 2. The number of rotatable bonds is 4.